The number of hydrogen-bond acceptors (Lipinski definition) is 5. The molecule has 4 nitrogen and oxygen atoms in total. The fourth-order valence-corrected chi connectivity index (χ4v) is 4.30. The Kier molecular flexibility index (Phi) is 4.99. The molecule has 0 amide bonds. The molecule has 1 atom stereocenters. The summed E-state index contributed by atoms with van der Waals surface area (Å²) in [6.07, 6.45) is 3.46. The molecule has 1 unspecified atom stereocenters. The summed E-state index contributed by atoms with van der Waals surface area (Å²) < 4.78 is 11.6. The number of hydrogen-bond donors (Lipinski definition) is 0. The van der Waals surface area contributed by atoms with Gasteiger partial charge >= 0.3 is 0 Å². The summed E-state index contributed by atoms with van der Waals surface area (Å²) in [6, 6.07) is 18.0. The highest BCUT2D eigenvalue weighted by Crippen LogP contribution is 2.42. The predicted octanol–water partition coefficient (Wildman–Crippen LogP) is 4.48. The van der Waals surface area contributed by atoms with Gasteiger partial charge in [-0.15, -0.1) is 11.8 Å². The van der Waals surface area contributed by atoms with Crippen molar-refractivity contribution in [1.82, 2.24) is 0 Å². The largest absolute Gasteiger partial charge is 0.492 e. The van der Waals surface area contributed by atoms with Crippen LogP contribution in [0.25, 0.3) is 11.6 Å². The van der Waals surface area contributed by atoms with Crippen LogP contribution >= 0.6 is 11.8 Å². The molecule has 2 aromatic rings. The second-order valence-corrected chi connectivity index (χ2v) is 7.68. The van der Waals surface area contributed by atoms with Gasteiger partial charge in [-0.3, -0.25) is 4.79 Å². The Hall–Kier alpha value is -2.97. The van der Waals surface area contributed by atoms with Crippen LogP contribution in [0.5, 0.6) is 11.5 Å². The summed E-state index contributed by atoms with van der Waals surface area (Å²) >= 11 is 1.58. The monoisotopic (exact) mass is 375 g/mol. The van der Waals surface area contributed by atoms with Gasteiger partial charge in [0.05, 0.1) is 4.91 Å². The third kappa shape index (κ3) is 3.76. The third-order valence-corrected chi connectivity index (χ3v) is 5.73. The van der Waals surface area contributed by atoms with Gasteiger partial charge in [0.1, 0.15) is 37.1 Å². The van der Waals surface area contributed by atoms with E-state index in [0.29, 0.717) is 12.2 Å². The van der Waals surface area contributed by atoms with E-state index in [2.05, 4.69) is 6.07 Å². The van der Waals surface area contributed by atoms with Crippen LogP contribution in [0.1, 0.15) is 17.5 Å². The maximum absolute atomic E-state index is 10.9. The minimum Gasteiger partial charge on any atom is -0.492 e. The van der Waals surface area contributed by atoms with Crippen LogP contribution in [-0.4, -0.2) is 24.7 Å². The number of carbonyl (C=O) groups is 1. The molecule has 2 aliphatic heterocycles. The van der Waals surface area contributed by atoms with E-state index in [4.69, 9.17) is 9.47 Å². The SMILES string of the molecule is N#CC1=C(c2ccccc2)CC(COc2ccc3c(c2)OCC(C=O)=C3)S1. The number of aldehydes is 1. The number of nitrogens with zero attached hydrogens (tertiary/aromatic N) is 1. The quantitative estimate of drug-likeness (QED) is 0.721. The summed E-state index contributed by atoms with van der Waals surface area (Å²) in [5.41, 5.74) is 3.70. The highest BCUT2D eigenvalue weighted by molar-refractivity contribution is 8.04. The van der Waals surface area contributed by atoms with Gasteiger partial charge in [0.2, 0.25) is 0 Å². The molecular formula is C22H17NO3S. The molecule has 0 aromatic heterocycles. The first-order chi connectivity index (χ1) is 13.3. The highest BCUT2D eigenvalue weighted by atomic mass is 32.2. The lowest BCUT2D eigenvalue weighted by molar-refractivity contribution is -0.105. The van der Waals surface area contributed by atoms with Crippen LogP contribution in [0.2, 0.25) is 0 Å². The first-order valence-corrected chi connectivity index (χ1v) is 9.55. The average molecular weight is 375 g/mol. The molecule has 0 saturated heterocycles. The van der Waals surface area contributed by atoms with Crippen LogP contribution in [0.4, 0.5) is 0 Å². The Balaban J connectivity index is 1.42. The molecule has 0 spiro atoms. The van der Waals surface area contributed by atoms with Gasteiger partial charge in [0.15, 0.2) is 0 Å². The maximum atomic E-state index is 10.9. The molecule has 0 aliphatic carbocycles. The van der Waals surface area contributed by atoms with E-state index in [1.807, 2.05) is 54.6 Å². The number of rotatable bonds is 5. The average Bonchev–Trinajstić information content (AvgIpc) is 3.15. The molecular weight excluding hydrogens is 358 g/mol. The molecule has 0 radical (unpaired) electrons. The van der Waals surface area contributed by atoms with Gasteiger partial charge < -0.3 is 9.47 Å². The van der Waals surface area contributed by atoms with Gasteiger partial charge in [-0.05, 0) is 35.8 Å². The molecule has 2 heterocycles. The Morgan fingerprint density at radius 1 is 1.26 bits per heavy atom. The molecule has 0 fully saturated rings. The zero-order valence-corrected chi connectivity index (χ0v) is 15.4. The first-order valence-electron chi connectivity index (χ1n) is 8.67. The van der Waals surface area contributed by atoms with Crippen LogP contribution in [0.15, 0.2) is 59.0 Å². The minimum atomic E-state index is 0.202. The number of allylic oxidation sites excluding steroid dienone is 2. The van der Waals surface area contributed by atoms with Gasteiger partial charge in [0, 0.05) is 22.5 Å². The van der Waals surface area contributed by atoms with Gasteiger partial charge in [0.25, 0.3) is 0 Å². The zero-order chi connectivity index (χ0) is 18.6. The molecule has 0 saturated carbocycles. The Morgan fingerprint density at radius 2 is 2.11 bits per heavy atom. The van der Waals surface area contributed by atoms with Crippen LogP contribution in [0.3, 0.4) is 0 Å². The van der Waals surface area contributed by atoms with E-state index in [1.165, 1.54) is 0 Å². The van der Waals surface area contributed by atoms with Crippen molar-refractivity contribution in [3.05, 3.63) is 70.1 Å². The van der Waals surface area contributed by atoms with Crippen molar-refractivity contribution < 1.29 is 14.3 Å². The topological polar surface area (TPSA) is 59.3 Å². The first kappa shape index (κ1) is 17.4. The Labute approximate surface area is 162 Å². The number of benzene rings is 2. The number of carbonyl (C=O) groups excluding carboxylic acids is 1. The lowest BCUT2D eigenvalue weighted by atomic mass is 10.0. The highest BCUT2D eigenvalue weighted by Gasteiger charge is 2.26. The summed E-state index contributed by atoms with van der Waals surface area (Å²) in [7, 11) is 0. The van der Waals surface area contributed by atoms with Crippen LogP contribution in [0, 0.1) is 11.3 Å². The number of ether oxygens (including phenoxy) is 2. The summed E-state index contributed by atoms with van der Waals surface area (Å²) in [5, 5.41) is 9.66. The maximum Gasteiger partial charge on any atom is 0.149 e. The summed E-state index contributed by atoms with van der Waals surface area (Å²) in [5.74, 6) is 1.45. The van der Waals surface area contributed by atoms with Crippen molar-refractivity contribution in [2.45, 2.75) is 11.7 Å². The predicted molar refractivity (Wildman–Crippen MR) is 106 cm³/mol. The molecule has 27 heavy (non-hydrogen) atoms. The lowest BCUT2D eigenvalue weighted by Crippen LogP contribution is -2.12. The van der Waals surface area contributed by atoms with Crippen LogP contribution in [-0.2, 0) is 4.79 Å². The molecule has 5 heteroatoms. The second-order valence-electron chi connectivity index (χ2n) is 6.37. The van der Waals surface area contributed by atoms with Gasteiger partial charge in [-0.25, -0.2) is 0 Å². The number of nitriles is 1. The molecule has 134 valence electrons. The number of fused-ring (bicyclic) bond motifs is 1. The second kappa shape index (κ2) is 7.73. The molecule has 4 rings (SSSR count). The Bertz CT molecular complexity index is 973. The Morgan fingerprint density at radius 3 is 2.89 bits per heavy atom. The van der Waals surface area contributed by atoms with E-state index < -0.39 is 0 Å². The minimum absolute atomic E-state index is 0.202. The summed E-state index contributed by atoms with van der Waals surface area (Å²) in [6.45, 7) is 0.800. The van der Waals surface area contributed by atoms with Crippen molar-refractivity contribution in [2.75, 3.05) is 13.2 Å². The van der Waals surface area contributed by atoms with E-state index in [9.17, 15) is 10.1 Å². The number of thioether (sulfide) groups is 1. The molecule has 2 aromatic carbocycles. The lowest BCUT2D eigenvalue weighted by Gasteiger charge is -2.17. The normalized spacial score (nSPS) is 18.2. The van der Waals surface area contributed by atoms with Crippen LogP contribution < -0.4 is 9.47 Å². The standard InChI is InChI=1S/C22H17NO3S/c23-11-22-20(16-4-2-1-3-5-16)10-19(27-22)14-25-18-7-6-17-8-15(12-24)13-26-21(17)9-18/h1-9,12,19H,10,13-14H2. The fraction of sp³-hybridized carbons (Fsp3) is 0.182. The van der Waals surface area contributed by atoms with E-state index in [1.54, 1.807) is 11.8 Å². The fourth-order valence-electron chi connectivity index (χ4n) is 3.18. The third-order valence-electron chi connectivity index (χ3n) is 4.52. The van der Waals surface area contributed by atoms with Crippen molar-refractivity contribution in [3.63, 3.8) is 0 Å². The smallest absolute Gasteiger partial charge is 0.149 e. The van der Waals surface area contributed by atoms with Crippen molar-refractivity contribution >= 4 is 29.7 Å². The van der Waals surface area contributed by atoms with Crippen molar-refractivity contribution in [2.24, 2.45) is 0 Å². The van der Waals surface area contributed by atoms with Crippen molar-refractivity contribution in [1.29, 1.82) is 5.26 Å². The zero-order valence-electron chi connectivity index (χ0n) is 14.6. The van der Waals surface area contributed by atoms with Gasteiger partial charge in [-0.1, -0.05) is 30.3 Å². The van der Waals surface area contributed by atoms with E-state index in [0.717, 1.165) is 45.8 Å². The van der Waals surface area contributed by atoms with E-state index in [-0.39, 0.29) is 11.9 Å². The van der Waals surface area contributed by atoms with Gasteiger partial charge in [-0.2, -0.15) is 5.26 Å². The summed E-state index contributed by atoms with van der Waals surface area (Å²) in [4.78, 5) is 11.6. The molecule has 2 aliphatic rings. The molecule has 0 N–H and O–H groups in total. The van der Waals surface area contributed by atoms with Crippen molar-refractivity contribution in [3.8, 4) is 17.6 Å². The van der Waals surface area contributed by atoms with E-state index >= 15 is 0 Å². The molecule has 0 bridgehead atoms.